The van der Waals surface area contributed by atoms with Crippen LogP contribution in [0.2, 0.25) is 0 Å². The van der Waals surface area contributed by atoms with Crippen LogP contribution in [0.1, 0.15) is 58.3 Å². The molecule has 6 heteroatoms. The molecule has 3 atom stereocenters. The van der Waals surface area contributed by atoms with Gasteiger partial charge >= 0.3 is 0 Å². The number of fused-ring (bicyclic) bond motifs is 4. The van der Waals surface area contributed by atoms with Crippen molar-refractivity contribution in [3.63, 3.8) is 0 Å². The summed E-state index contributed by atoms with van der Waals surface area (Å²) in [5.74, 6) is 1.94. The Labute approximate surface area is 133 Å². The van der Waals surface area contributed by atoms with Gasteiger partial charge in [-0.2, -0.15) is 0 Å². The van der Waals surface area contributed by atoms with Crippen molar-refractivity contribution in [1.82, 2.24) is 14.8 Å². The van der Waals surface area contributed by atoms with Gasteiger partial charge in [0.15, 0.2) is 0 Å². The van der Waals surface area contributed by atoms with Crippen LogP contribution >= 0.6 is 0 Å². The van der Waals surface area contributed by atoms with Crippen LogP contribution in [0.25, 0.3) is 0 Å². The summed E-state index contributed by atoms with van der Waals surface area (Å²) in [7, 11) is -3.34. The van der Waals surface area contributed by atoms with Gasteiger partial charge in [-0.05, 0) is 37.0 Å². The Morgan fingerprint density at radius 1 is 1.23 bits per heavy atom. The topological polar surface area (TPSA) is 64.8 Å². The number of hydrogen-bond acceptors (Lipinski definition) is 4. The third kappa shape index (κ3) is 3.53. The lowest BCUT2D eigenvalue weighted by Gasteiger charge is -2.17. The van der Waals surface area contributed by atoms with Crippen LogP contribution in [0.5, 0.6) is 0 Å². The van der Waals surface area contributed by atoms with Crippen molar-refractivity contribution in [2.75, 3.05) is 5.75 Å². The number of aromatic nitrogens is 3. The minimum Gasteiger partial charge on any atom is -0.252 e. The molecule has 2 heterocycles. The second-order valence-corrected chi connectivity index (χ2v) is 8.97. The van der Waals surface area contributed by atoms with E-state index in [-0.39, 0.29) is 16.8 Å². The highest BCUT2D eigenvalue weighted by Crippen LogP contribution is 2.42. The van der Waals surface area contributed by atoms with Gasteiger partial charge < -0.3 is 0 Å². The van der Waals surface area contributed by atoms with Crippen molar-refractivity contribution >= 4 is 9.84 Å². The first kappa shape index (κ1) is 16.0. The molecule has 1 aliphatic heterocycles. The van der Waals surface area contributed by atoms with E-state index >= 15 is 0 Å². The summed E-state index contributed by atoms with van der Waals surface area (Å²) in [6, 6.07) is 0. The van der Waals surface area contributed by atoms with E-state index in [1.54, 1.807) is 11.0 Å². The molecule has 1 aliphatic carbocycles. The molecular weight excluding hydrogens is 298 g/mol. The molecule has 124 valence electrons. The molecule has 4 bridgehead atoms. The van der Waals surface area contributed by atoms with Crippen molar-refractivity contribution in [2.24, 2.45) is 17.8 Å². The predicted molar refractivity (Wildman–Crippen MR) is 85.2 cm³/mol. The Morgan fingerprint density at radius 2 is 2.05 bits per heavy atom. The molecule has 1 aromatic heterocycles. The van der Waals surface area contributed by atoms with Gasteiger partial charge in [0, 0.05) is 6.54 Å². The minimum absolute atomic E-state index is 0.0288. The quantitative estimate of drug-likeness (QED) is 0.796. The van der Waals surface area contributed by atoms with Crippen LogP contribution in [0.15, 0.2) is 11.5 Å². The molecule has 3 rings (SSSR count). The van der Waals surface area contributed by atoms with Crippen LogP contribution in [0, 0.1) is 17.8 Å². The SMILES string of the molecule is CCC1CC2CC1CCCCCCn1cnc(n1)S(=O)(=O)C2. The zero-order valence-electron chi connectivity index (χ0n) is 13.4. The van der Waals surface area contributed by atoms with Crippen LogP contribution in [0.3, 0.4) is 0 Å². The maximum atomic E-state index is 12.5. The van der Waals surface area contributed by atoms with Crippen molar-refractivity contribution < 1.29 is 8.42 Å². The smallest absolute Gasteiger partial charge is 0.252 e. The Balaban J connectivity index is 1.81. The molecule has 3 unspecified atom stereocenters. The highest BCUT2D eigenvalue weighted by atomic mass is 32.2. The Morgan fingerprint density at radius 3 is 2.86 bits per heavy atom. The zero-order chi connectivity index (χ0) is 15.6. The third-order valence-corrected chi connectivity index (χ3v) is 7.08. The van der Waals surface area contributed by atoms with E-state index in [9.17, 15) is 8.42 Å². The van der Waals surface area contributed by atoms with E-state index in [0.29, 0.717) is 5.92 Å². The van der Waals surface area contributed by atoms with Crippen LogP contribution < -0.4 is 0 Å². The van der Waals surface area contributed by atoms with Crippen LogP contribution in [-0.4, -0.2) is 28.9 Å². The van der Waals surface area contributed by atoms with Gasteiger partial charge in [0.2, 0.25) is 9.84 Å². The van der Waals surface area contributed by atoms with Gasteiger partial charge in [0.1, 0.15) is 6.33 Å². The molecule has 22 heavy (non-hydrogen) atoms. The molecule has 0 radical (unpaired) electrons. The Kier molecular flexibility index (Phi) is 4.85. The molecular formula is C16H27N3O2S. The van der Waals surface area contributed by atoms with E-state index in [1.165, 1.54) is 32.1 Å². The summed E-state index contributed by atoms with van der Waals surface area (Å²) in [5, 5.41) is 4.22. The molecule has 5 nitrogen and oxygen atoms in total. The molecule has 2 aliphatic rings. The third-order valence-electron chi connectivity index (χ3n) is 5.42. The van der Waals surface area contributed by atoms with E-state index in [1.807, 2.05) is 0 Å². The van der Waals surface area contributed by atoms with E-state index < -0.39 is 9.84 Å². The standard InChI is InChI=1S/C16H27N3O2S/c1-2-14-9-13-10-15(14)7-5-3-4-6-8-19-12-17-16(18-19)22(20,21)11-13/h12-15H,2-11H2,1H3. The van der Waals surface area contributed by atoms with Gasteiger partial charge in [0.25, 0.3) is 5.16 Å². The molecule has 1 saturated carbocycles. The lowest BCUT2D eigenvalue weighted by molar-refractivity contribution is 0.341. The zero-order valence-corrected chi connectivity index (χ0v) is 14.3. The maximum absolute atomic E-state index is 12.5. The number of nitrogens with zero attached hydrogens (tertiary/aromatic N) is 3. The summed E-state index contributed by atoms with van der Waals surface area (Å²) >= 11 is 0. The van der Waals surface area contributed by atoms with E-state index in [2.05, 4.69) is 17.0 Å². The molecule has 0 aromatic carbocycles. The molecule has 0 saturated heterocycles. The second kappa shape index (κ2) is 6.69. The fourth-order valence-corrected chi connectivity index (χ4v) is 5.75. The van der Waals surface area contributed by atoms with Crippen LogP contribution in [-0.2, 0) is 16.4 Å². The van der Waals surface area contributed by atoms with Gasteiger partial charge in [-0.1, -0.05) is 39.0 Å². The highest BCUT2D eigenvalue weighted by molar-refractivity contribution is 7.91. The summed E-state index contributed by atoms with van der Waals surface area (Å²) < 4.78 is 26.8. The maximum Gasteiger partial charge on any atom is 0.266 e. The highest BCUT2D eigenvalue weighted by Gasteiger charge is 2.36. The average Bonchev–Trinajstić information content (AvgIpc) is 3.08. The monoisotopic (exact) mass is 325 g/mol. The predicted octanol–water partition coefficient (Wildman–Crippen LogP) is 3.07. The Bertz CT molecular complexity index is 596. The van der Waals surface area contributed by atoms with Gasteiger partial charge in [-0.15, -0.1) is 5.10 Å². The second-order valence-electron chi connectivity index (χ2n) is 7.04. The summed E-state index contributed by atoms with van der Waals surface area (Å²) in [6.45, 7) is 3.01. The fourth-order valence-electron chi connectivity index (χ4n) is 4.27. The van der Waals surface area contributed by atoms with Crippen molar-refractivity contribution in [3.05, 3.63) is 6.33 Å². The first-order chi connectivity index (χ1) is 10.6. The lowest BCUT2D eigenvalue weighted by Crippen LogP contribution is -2.16. The number of sulfone groups is 1. The molecule has 0 spiro atoms. The molecule has 1 fully saturated rings. The summed E-state index contributed by atoms with van der Waals surface area (Å²) in [5.41, 5.74) is 0. The minimum atomic E-state index is -3.34. The fraction of sp³-hybridized carbons (Fsp3) is 0.875. The summed E-state index contributed by atoms with van der Waals surface area (Å²) in [4.78, 5) is 4.05. The number of aryl methyl sites for hydroxylation is 1. The van der Waals surface area contributed by atoms with Gasteiger partial charge in [-0.3, -0.25) is 4.68 Å². The average molecular weight is 325 g/mol. The largest absolute Gasteiger partial charge is 0.266 e. The van der Waals surface area contributed by atoms with Gasteiger partial charge in [0.05, 0.1) is 5.75 Å². The first-order valence-electron chi connectivity index (χ1n) is 8.70. The van der Waals surface area contributed by atoms with E-state index in [4.69, 9.17) is 0 Å². The van der Waals surface area contributed by atoms with Crippen LogP contribution in [0.4, 0.5) is 0 Å². The van der Waals surface area contributed by atoms with E-state index in [0.717, 1.165) is 31.7 Å². The lowest BCUT2D eigenvalue weighted by atomic mass is 9.89. The number of hydrogen-bond donors (Lipinski definition) is 0. The normalized spacial score (nSPS) is 32.5. The van der Waals surface area contributed by atoms with Crippen molar-refractivity contribution in [2.45, 2.75) is 70.0 Å². The van der Waals surface area contributed by atoms with Crippen molar-refractivity contribution in [3.8, 4) is 0 Å². The molecule has 1 aromatic rings. The Hall–Kier alpha value is -0.910. The summed E-state index contributed by atoms with van der Waals surface area (Å²) in [6.07, 6.45) is 10.9. The molecule has 0 N–H and O–H groups in total. The van der Waals surface area contributed by atoms with Crippen molar-refractivity contribution in [1.29, 1.82) is 0 Å². The first-order valence-corrected chi connectivity index (χ1v) is 10.4. The number of rotatable bonds is 1. The molecule has 0 amide bonds. The van der Waals surface area contributed by atoms with Gasteiger partial charge in [-0.25, -0.2) is 13.4 Å².